The van der Waals surface area contributed by atoms with Crippen LogP contribution in [0, 0.1) is 0 Å². The van der Waals surface area contributed by atoms with Gasteiger partial charge >= 0.3 is 0 Å². The van der Waals surface area contributed by atoms with Gasteiger partial charge < -0.3 is 5.73 Å². The first kappa shape index (κ1) is 7.95. The van der Waals surface area contributed by atoms with Crippen LogP contribution >= 0.6 is 0 Å². The minimum atomic E-state index is 0.553. The summed E-state index contributed by atoms with van der Waals surface area (Å²) in [6, 6.07) is 1.98. The number of allylic oxidation sites excluding steroid dienone is 1. The monoisotopic (exact) mass is 148 g/mol. The van der Waals surface area contributed by atoms with Gasteiger partial charge in [0.15, 0.2) is 0 Å². The molecule has 0 saturated carbocycles. The van der Waals surface area contributed by atoms with Crippen molar-refractivity contribution in [3.05, 3.63) is 42.2 Å². The average molecular weight is 148 g/mol. The van der Waals surface area contributed by atoms with Crippen LogP contribution in [0.1, 0.15) is 11.1 Å². The van der Waals surface area contributed by atoms with Gasteiger partial charge in [-0.15, -0.1) is 6.58 Å². The van der Waals surface area contributed by atoms with Crippen molar-refractivity contribution in [1.82, 2.24) is 4.98 Å². The summed E-state index contributed by atoms with van der Waals surface area (Å²) in [7, 11) is 0. The van der Waals surface area contributed by atoms with E-state index in [0.717, 1.165) is 12.0 Å². The second-order valence-corrected chi connectivity index (χ2v) is 2.34. The standard InChI is InChI=1S/C9H12N2/c1-2-3-8-4-5-11-7-9(8)6-10/h2,4-5,7H,1,3,6,10H2. The van der Waals surface area contributed by atoms with E-state index < -0.39 is 0 Å². The van der Waals surface area contributed by atoms with Crippen LogP contribution in [-0.4, -0.2) is 4.98 Å². The van der Waals surface area contributed by atoms with E-state index in [1.807, 2.05) is 12.1 Å². The van der Waals surface area contributed by atoms with E-state index in [4.69, 9.17) is 5.73 Å². The lowest BCUT2D eigenvalue weighted by atomic mass is 10.1. The van der Waals surface area contributed by atoms with Crippen LogP contribution < -0.4 is 5.73 Å². The van der Waals surface area contributed by atoms with Gasteiger partial charge in [0.1, 0.15) is 0 Å². The largest absolute Gasteiger partial charge is 0.326 e. The molecule has 2 heteroatoms. The summed E-state index contributed by atoms with van der Waals surface area (Å²) in [5.74, 6) is 0. The molecule has 0 unspecified atom stereocenters. The third-order valence-electron chi connectivity index (χ3n) is 1.59. The SMILES string of the molecule is C=CCc1ccncc1CN. The predicted octanol–water partition coefficient (Wildman–Crippen LogP) is 1.27. The highest BCUT2D eigenvalue weighted by molar-refractivity contribution is 5.24. The Bertz CT molecular complexity index is 243. The lowest BCUT2D eigenvalue weighted by molar-refractivity contribution is 1.01. The Morgan fingerprint density at radius 3 is 3.00 bits per heavy atom. The number of nitrogens with zero attached hydrogens (tertiary/aromatic N) is 1. The molecule has 58 valence electrons. The Morgan fingerprint density at radius 1 is 1.55 bits per heavy atom. The molecule has 0 aromatic carbocycles. The number of hydrogen-bond donors (Lipinski definition) is 1. The molecule has 2 N–H and O–H groups in total. The summed E-state index contributed by atoms with van der Waals surface area (Å²) in [5.41, 5.74) is 7.83. The fraction of sp³-hybridized carbons (Fsp3) is 0.222. The zero-order valence-corrected chi connectivity index (χ0v) is 6.46. The molecular weight excluding hydrogens is 136 g/mol. The minimum absolute atomic E-state index is 0.553. The first-order chi connectivity index (χ1) is 5.38. The van der Waals surface area contributed by atoms with Crippen LogP contribution in [0.25, 0.3) is 0 Å². The van der Waals surface area contributed by atoms with Gasteiger partial charge in [0.25, 0.3) is 0 Å². The van der Waals surface area contributed by atoms with E-state index in [1.54, 1.807) is 12.4 Å². The van der Waals surface area contributed by atoms with Crippen molar-refractivity contribution >= 4 is 0 Å². The fourth-order valence-electron chi connectivity index (χ4n) is 0.994. The van der Waals surface area contributed by atoms with Crippen molar-refractivity contribution in [2.75, 3.05) is 0 Å². The average Bonchev–Trinajstić information content (AvgIpc) is 2.06. The van der Waals surface area contributed by atoms with Crippen molar-refractivity contribution in [2.45, 2.75) is 13.0 Å². The molecule has 0 atom stereocenters. The van der Waals surface area contributed by atoms with Crippen molar-refractivity contribution in [3.63, 3.8) is 0 Å². The third-order valence-corrected chi connectivity index (χ3v) is 1.59. The molecule has 0 spiro atoms. The van der Waals surface area contributed by atoms with E-state index in [1.165, 1.54) is 5.56 Å². The zero-order chi connectivity index (χ0) is 8.10. The first-order valence-electron chi connectivity index (χ1n) is 3.61. The van der Waals surface area contributed by atoms with Crippen LogP contribution in [0.4, 0.5) is 0 Å². The van der Waals surface area contributed by atoms with Crippen LogP contribution in [0.15, 0.2) is 31.1 Å². The van der Waals surface area contributed by atoms with E-state index in [0.29, 0.717) is 6.54 Å². The molecule has 0 amide bonds. The van der Waals surface area contributed by atoms with Crippen molar-refractivity contribution in [3.8, 4) is 0 Å². The van der Waals surface area contributed by atoms with Crippen molar-refractivity contribution < 1.29 is 0 Å². The van der Waals surface area contributed by atoms with E-state index in [9.17, 15) is 0 Å². The lowest BCUT2D eigenvalue weighted by Crippen LogP contribution is -2.01. The Labute approximate surface area is 66.8 Å². The van der Waals surface area contributed by atoms with Crippen molar-refractivity contribution in [2.24, 2.45) is 5.73 Å². The van der Waals surface area contributed by atoms with Gasteiger partial charge in [-0.05, 0) is 23.6 Å². The second kappa shape index (κ2) is 3.88. The van der Waals surface area contributed by atoms with Crippen LogP contribution in [-0.2, 0) is 13.0 Å². The van der Waals surface area contributed by atoms with Gasteiger partial charge in [0.2, 0.25) is 0 Å². The lowest BCUT2D eigenvalue weighted by Gasteiger charge is -2.02. The van der Waals surface area contributed by atoms with E-state index in [2.05, 4.69) is 11.6 Å². The van der Waals surface area contributed by atoms with E-state index in [-0.39, 0.29) is 0 Å². The molecule has 1 aromatic rings. The smallest absolute Gasteiger partial charge is 0.0315 e. The molecule has 1 rings (SSSR count). The molecule has 0 fully saturated rings. The quantitative estimate of drug-likeness (QED) is 0.655. The van der Waals surface area contributed by atoms with Gasteiger partial charge in [-0.2, -0.15) is 0 Å². The maximum Gasteiger partial charge on any atom is 0.0315 e. The van der Waals surface area contributed by atoms with Gasteiger partial charge in [0.05, 0.1) is 0 Å². The summed E-state index contributed by atoms with van der Waals surface area (Å²) >= 11 is 0. The fourth-order valence-corrected chi connectivity index (χ4v) is 0.994. The summed E-state index contributed by atoms with van der Waals surface area (Å²) in [4.78, 5) is 3.98. The molecule has 1 heterocycles. The topological polar surface area (TPSA) is 38.9 Å². The molecule has 0 saturated heterocycles. The molecule has 0 aliphatic carbocycles. The molecule has 0 aliphatic heterocycles. The molecule has 0 aliphatic rings. The molecule has 0 radical (unpaired) electrons. The Kier molecular flexibility index (Phi) is 2.81. The van der Waals surface area contributed by atoms with Crippen LogP contribution in [0.2, 0.25) is 0 Å². The number of rotatable bonds is 3. The third kappa shape index (κ3) is 1.88. The molecule has 1 aromatic heterocycles. The normalized spacial score (nSPS) is 9.55. The molecule has 2 nitrogen and oxygen atoms in total. The summed E-state index contributed by atoms with van der Waals surface area (Å²) in [5, 5.41) is 0. The Balaban J connectivity index is 2.92. The van der Waals surface area contributed by atoms with Gasteiger partial charge in [-0.1, -0.05) is 6.08 Å². The highest BCUT2D eigenvalue weighted by atomic mass is 14.6. The Hall–Kier alpha value is -1.15. The number of aromatic nitrogens is 1. The van der Waals surface area contributed by atoms with Gasteiger partial charge in [-0.3, -0.25) is 4.98 Å². The molecule has 0 bridgehead atoms. The van der Waals surface area contributed by atoms with E-state index >= 15 is 0 Å². The molecular formula is C9H12N2. The number of pyridine rings is 1. The number of nitrogens with two attached hydrogens (primary N) is 1. The number of hydrogen-bond acceptors (Lipinski definition) is 2. The summed E-state index contributed by atoms with van der Waals surface area (Å²) in [6.45, 7) is 4.22. The maximum absolute atomic E-state index is 5.51. The van der Waals surface area contributed by atoms with Gasteiger partial charge in [-0.25, -0.2) is 0 Å². The zero-order valence-electron chi connectivity index (χ0n) is 6.46. The first-order valence-corrected chi connectivity index (χ1v) is 3.61. The van der Waals surface area contributed by atoms with Crippen molar-refractivity contribution in [1.29, 1.82) is 0 Å². The second-order valence-electron chi connectivity index (χ2n) is 2.34. The minimum Gasteiger partial charge on any atom is -0.326 e. The highest BCUT2D eigenvalue weighted by Crippen LogP contribution is 2.06. The predicted molar refractivity (Wildman–Crippen MR) is 46.0 cm³/mol. The van der Waals surface area contributed by atoms with Gasteiger partial charge in [0, 0.05) is 18.9 Å². The van der Waals surface area contributed by atoms with Crippen LogP contribution in [0.3, 0.4) is 0 Å². The summed E-state index contributed by atoms with van der Waals surface area (Å²) < 4.78 is 0. The highest BCUT2D eigenvalue weighted by Gasteiger charge is 1.96. The maximum atomic E-state index is 5.51. The molecule has 11 heavy (non-hydrogen) atoms. The Morgan fingerprint density at radius 2 is 2.36 bits per heavy atom. The summed E-state index contributed by atoms with van der Waals surface area (Å²) in [6.07, 6.45) is 6.32. The van der Waals surface area contributed by atoms with Crippen LogP contribution in [0.5, 0.6) is 0 Å².